The van der Waals surface area contributed by atoms with Gasteiger partial charge in [-0.3, -0.25) is 0 Å². The van der Waals surface area contributed by atoms with E-state index in [1.54, 1.807) is 0 Å². The summed E-state index contributed by atoms with van der Waals surface area (Å²) in [6.07, 6.45) is 1.49. The molecule has 0 radical (unpaired) electrons. The zero-order chi connectivity index (χ0) is 17.9. The molecule has 0 aromatic heterocycles. The van der Waals surface area contributed by atoms with Crippen molar-refractivity contribution in [3.63, 3.8) is 0 Å². The molecule has 4 aromatic carbocycles. The molecule has 0 aliphatic carbocycles. The van der Waals surface area contributed by atoms with Crippen LogP contribution in [-0.4, -0.2) is 5.11 Å². The fourth-order valence-corrected chi connectivity index (χ4v) is 3.43. The quantitative estimate of drug-likeness (QED) is 0.495. The lowest BCUT2D eigenvalue weighted by molar-refractivity contribution is 0.476. The molecule has 4 aromatic rings. The zero-order valence-corrected chi connectivity index (χ0v) is 14.5. The van der Waals surface area contributed by atoms with Crippen molar-refractivity contribution in [3.8, 4) is 5.75 Å². The lowest BCUT2D eigenvalue weighted by Crippen LogP contribution is -1.98. The molecule has 2 heteroatoms. The summed E-state index contributed by atoms with van der Waals surface area (Å²) in [5.74, 6) is 0.323. The maximum absolute atomic E-state index is 10.8. The van der Waals surface area contributed by atoms with Crippen molar-refractivity contribution in [2.24, 2.45) is 0 Å². The molecular weight excluding hydrogens is 318 g/mol. The van der Waals surface area contributed by atoms with Gasteiger partial charge in [0.25, 0.3) is 0 Å². The molecule has 3 N–H and O–H groups in total. The lowest BCUT2D eigenvalue weighted by Gasteiger charge is -2.13. The van der Waals surface area contributed by atoms with Crippen LogP contribution in [0.2, 0.25) is 0 Å². The summed E-state index contributed by atoms with van der Waals surface area (Å²) in [7, 11) is 0. The number of phenols is 1. The Morgan fingerprint density at radius 1 is 0.577 bits per heavy atom. The number of hydrogen-bond acceptors (Lipinski definition) is 2. The normalized spacial score (nSPS) is 10.9. The molecule has 0 aliphatic heterocycles. The van der Waals surface area contributed by atoms with Crippen molar-refractivity contribution in [3.05, 3.63) is 107 Å². The topological polar surface area (TPSA) is 46.2 Å². The average Bonchev–Trinajstić information content (AvgIpc) is 2.68. The highest BCUT2D eigenvalue weighted by Crippen LogP contribution is 2.35. The number of nitrogens with two attached hydrogens (primary N) is 1. The number of nitrogen functional groups attached to an aromatic ring is 1. The van der Waals surface area contributed by atoms with Gasteiger partial charge in [0.15, 0.2) is 0 Å². The summed E-state index contributed by atoms with van der Waals surface area (Å²) in [6, 6.07) is 28.5. The summed E-state index contributed by atoms with van der Waals surface area (Å²) in [6.45, 7) is 0. The number of fused-ring (bicyclic) bond motifs is 1. The van der Waals surface area contributed by atoms with Gasteiger partial charge >= 0.3 is 0 Å². The molecule has 0 saturated heterocycles. The zero-order valence-electron chi connectivity index (χ0n) is 14.5. The van der Waals surface area contributed by atoms with Crippen LogP contribution in [-0.2, 0) is 12.8 Å². The van der Waals surface area contributed by atoms with Gasteiger partial charge in [0, 0.05) is 22.9 Å². The van der Waals surface area contributed by atoms with Gasteiger partial charge in [-0.15, -0.1) is 0 Å². The third kappa shape index (κ3) is 3.14. The average molecular weight is 339 g/mol. The second-order valence-corrected chi connectivity index (χ2v) is 6.63. The van der Waals surface area contributed by atoms with E-state index in [0.717, 1.165) is 34.0 Å². The van der Waals surface area contributed by atoms with Gasteiger partial charge in [0.2, 0.25) is 0 Å². The molecule has 128 valence electrons. The molecule has 26 heavy (non-hydrogen) atoms. The maximum atomic E-state index is 10.8. The Morgan fingerprint density at radius 3 is 1.69 bits per heavy atom. The van der Waals surface area contributed by atoms with E-state index in [9.17, 15) is 5.11 Å². The predicted molar refractivity (Wildman–Crippen MR) is 109 cm³/mol. The van der Waals surface area contributed by atoms with E-state index in [2.05, 4.69) is 24.3 Å². The fourth-order valence-electron chi connectivity index (χ4n) is 3.43. The van der Waals surface area contributed by atoms with Crippen LogP contribution in [0.4, 0.5) is 5.69 Å². The number of aromatic hydroxyl groups is 1. The minimum Gasteiger partial charge on any atom is -0.507 e. The first-order valence-electron chi connectivity index (χ1n) is 8.82. The Kier molecular flexibility index (Phi) is 4.32. The van der Waals surface area contributed by atoms with Crippen LogP contribution in [0.15, 0.2) is 84.9 Å². The van der Waals surface area contributed by atoms with Gasteiger partial charge in [0.05, 0.1) is 0 Å². The minimum absolute atomic E-state index is 0.323. The highest BCUT2D eigenvalue weighted by molar-refractivity contribution is 5.98. The SMILES string of the molecule is Nc1c(Cc2ccccc2)ccc2c(O)c(Cc3ccccc3)ccc12. The first kappa shape index (κ1) is 16.2. The monoisotopic (exact) mass is 339 g/mol. The van der Waals surface area contributed by atoms with Crippen molar-refractivity contribution >= 4 is 16.5 Å². The molecule has 0 bridgehead atoms. The first-order valence-corrected chi connectivity index (χ1v) is 8.82. The molecule has 0 aliphatic rings. The van der Waals surface area contributed by atoms with Crippen LogP contribution in [0.3, 0.4) is 0 Å². The highest BCUT2D eigenvalue weighted by atomic mass is 16.3. The highest BCUT2D eigenvalue weighted by Gasteiger charge is 2.12. The summed E-state index contributed by atoms with van der Waals surface area (Å²) < 4.78 is 0. The van der Waals surface area contributed by atoms with Gasteiger partial charge in [-0.25, -0.2) is 0 Å². The first-order chi connectivity index (χ1) is 12.7. The molecule has 4 rings (SSSR count). The van der Waals surface area contributed by atoms with Crippen molar-refractivity contribution in [2.75, 3.05) is 5.73 Å². The molecule has 0 saturated carbocycles. The molecular formula is C24H21NO. The summed E-state index contributed by atoms with van der Waals surface area (Å²) >= 11 is 0. The van der Waals surface area contributed by atoms with Crippen LogP contribution >= 0.6 is 0 Å². The van der Waals surface area contributed by atoms with E-state index < -0.39 is 0 Å². The van der Waals surface area contributed by atoms with Gasteiger partial charge < -0.3 is 10.8 Å². The maximum Gasteiger partial charge on any atom is 0.127 e. The predicted octanol–water partition coefficient (Wildman–Crippen LogP) is 5.31. The smallest absolute Gasteiger partial charge is 0.127 e. The summed E-state index contributed by atoms with van der Waals surface area (Å²) in [5, 5.41) is 12.5. The second-order valence-electron chi connectivity index (χ2n) is 6.63. The van der Waals surface area contributed by atoms with Gasteiger partial charge in [0.1, 0.15) is 5.75 Å². The second kappa shape index (κ2) is 6.93. The Bertz CT molecular complexity index is 953. The van der Waals surface area contributed by atoms with Gasteiger partial charge in [-0.2, -0.15) is 0 Å². The molecule has 0 fully saturated rings. The van der Waals surface area contributed by atoms with Crippen molar-refractivity contribution in [1.29, 1.82) is 0 Å². The Hall–Kier alpha value is -3.26. The molecule has 0 amide bonds. The van der Waals surface area contributed by atoms with E-state index in [4.69, 9.17) is 5.73 Å². The number of phenolic OH excluding ortho intramolecular Hbond substituents is 1. The summed E-state index contributed by atoms with van der Waals surface area (Å²) in [5.41, 5.74) is 11.6. The number of rotatable bonds is 4. The van der Waals surface area contributed by atoms with Crippen molar-refractivity contribution in [2.45, 2.75) is 12.8 Å². The molecule has 2 nitrogen and oxygen atoms in total. The third-order valence-electron chi connectivity index (χ3n) is 4.86. The molecule has 0 heterocycles. The van der Waals surface area contributed by atoms with Crippen molar-refractivity contribution in [1.82, 2.24) is 0 Å². The van der Waals surface area contributed by atoms with E-state index >= 15 is 0 Å². The fraction of sp³-hybridized carbons (Fsp3) is 0.0833. The van der Waals surface area contributed by atoms with Gasteiger partial charge in [-0.1, -0.05) is 84.9 Å². The Balaban J connectivity index is 1.71. The molecule has 0 spiro atoms. The van der Waals surface area contributed by atoms with E-state index in [0.29, 0.717) is 12.2 Å². The Morgan fingerprint density at radius 2 is 1.08 bits per heavy atom. The van der Waals surface area contributed by atoms with Crippen LogP contribution < -0.4 is 5.73 Å². The summed E-state index contributed by atoms with van der Waals surface area (Å²) in [4.78, 5) is 0. The number of anilines is 1. The largest absolute Gasteiger partial charge is 0.507 e. The van der Waals surface area contributed by atoms with Crippen molar-refractivity contribution < 1.29 is 5.11 Å². The number of benzene rings is 4. The van der Waals surface area contributed by atoms with E-state index in [1.165, 1.54) is 11.1 Å². The third-order valence-corrected chi connectivity index (χ3v) is 4.86. The van der Waals surface area contributed by atoms with Crippen LogP contribution in [0.1, 0.15) is 22.3 Å². The molecule has 0 atom stereocenters. The lowest BCUT2D eigenvalue weighted by atomic mass is 9.95. The standard InChI is InChI=1S/C24H21NO/c25-23-19(15-17-7-3-1-4-8-17)11-14-22-21(23)13-12-20(24(22)26)16-18-9-5-2-6-10-18/h1-14,26H,15-16,25H2. The van der Waals surface area contributed by atoms with Gasteiger partial charge in [-0.05, 0) is 28.7 Å². The van der Waals surface area contributed by atoms with E-state index in [1.807, 2.05) is 60.7 Å². The van der Waals surface area contributed by atoms with E-state index in [-0.39, 0.29) is 0 Å². The Labute approximate surface area is 153 Å². The van der Waals surface area contributed by atoms with Crippen LogP contribution in [0.5, 0.6) is 5.75 Å². The van der Waals surface area contributed by atoms with Crippen LogP contribution in [0.25, 0.3) is 10.8 Å². The number of hydrogen-bond donors (Lipinski definition) is 2. The van der Waals surface area contributed by atoms with Crippen LogP contribution in [0, 0.1) is 0 Å². The molecule has 0 unspecified atom stereocenters. The minimum atomic E-state index is 0.323.